The van der Waals surface area contributed by atoms with Crippen LogP contribution in [0.5, 0.6) is 5.75 Å². The van der Waals surface area contributed by atoms with E-state index in [1.54, 1.807) is 38.1 Å². The summed E-state index contributed by atoms with van der Waals surface area (Å²) in [5, 5.41) is 11.2. The number of hydrogen-bond acceptors (Lipinski definition) is 4. The largest absolute Gasteiger partial charge is 0.493 e. The van der Waals surface area contributed by atoms with Crippen LogP contribution >= 0.6 is 11.6 Å². The molecule has 0 saturated carbocycles. The predicted octanol–water partition coefficient (Wildman–Crippen LogP) is 5.02. The number of pyridine rings is 1. The number of nitrogens with two attached hydrogens (primary N) is 1. The normalized spacial score (nSPS) is 16.7. The van der Waals surface area contributed by atoms with Crippen LogP contribution in [-0.4, -0.2) is 28.5 Å². The van der Waals surface area contributed by atoms with Gasteiger partial charge in [0.15, 0.2) is 5.60 Å². The van der Waals surface area contributed by atoms with E-state index in [1.165, 1.54) is 18.5 Å². The molecular formula is C22H24ClF3N2O2. The maximum atomic E-state index is 14.0. The van der Waals surface area contributed by atoms with Gasteiger partial charge in [0.2, 0.25) is 0 Å². The second kappa shape index (κ2) is 8.12. The Kier molecular flexibility index (Phi) is 6.07. The Morgan fingerprint density at radius 3 is 2.57 bits per heavy atom. The quantitative estimate of drug-likeness (QED) is 0.661. The lowest BCUT2D eigenvalue weighted by atomic mass is 9.72. The Morgan fingerprint density at radius 1 is 1.27 bits per heavy atom. The van der Waals surface area contributed by atoms with Gasteiger partial charge in [-0.15, -0.1) is 0 Å². The molecule has 30 heavy (non-hydrogen) atoms. The van der Waals surface area contributed by atoms with E-state index in [2.05, 4.69) is 4.98 Å². The molecule has 8 heteroatoms. The van der Waals surface area contributed by atoms with Crippen LogP contribution in [0.1, 0.15) is 43.4 Å². The van der Waals surface area contributed by atoms with Crippen LogP contribution in [0.3, 0.4) is 0 Å². The number of alkyl halides is 3. The van der Waals surface area contributed by atoms with Crippen molar-refractivity contribution in [3.05, 3.63) is 64.1 Å². The van der Waals surface area contributed by atoms with Gasteiger partial charge < -0.3 is 15.6 Å². The van der Waals surface area contributed by atoms with Gasteiger partial charge in [0.25, 0.3) is 0 Å². The highest BCUT2D eigenvalue weighted by atomic mass is 35.5. The summed E-state index contributed by atoms with van der Waals surface area (Å²) < 4.78 is 47.7. The number of hydrogen-bond donors (Lipinski definition) is 2. The molecule has 4 nitrogen and oxygen atoms in total. The number of aromatic nitrogens is 1. The molecule has 1 aromatic heterocycles. The molecule has 0 saturated heterocycles. The molecule has 0 aliphatic carbocycles. The highest BCUT2D eigenvalue weighted by molar-refractivity contribution is 6.30. The van der Waals surface area contributed by atoms with Crippen LogP contribution in [0.4, 0.5) is 13.2 Å². The Balaban J connectivity index is 1.94. The predicted molar refractivity (Wildman–Crippen MR) is 110 cm³/mol. The number of ether oxygens (including phenoxy) is 1. The first-order valence-electron chi connectivity index (χ1n) is 9.52. The van der Waals surface area contributed by atoms with Crippen LogP contribution in [0, 0.1) is 0 Å². The summed E-state index contributed by atoms with van der Waals surface area (Å²) in [5.74, 6) is 0.550. The number of benzene rings is 1. The summed E-state index contributed by atoms with van der Waals surface area (Å²) in [4.78, 5) is 3.86. The van der Waals surface area contributed by atoms with Gasteiger partial charge in [0.1, 0.15) is 5.75 Å². The molecule has 0 fully saturated rings. The average molecular weight is 441 g/mol. The van der Waals surface area contributed by atoms with Gasteiger partial charge in [-0.05, 0) is 53.3 Å². The number of fused-ring (bicyclic) bond motifs is 1. The summed E-state index contributed by atoms with van der Waals surface area (Å²) in [5.41, 5.74) is 3.71. The fourth-order valence-corrected chi connectivity index (χ4v) is 4.16. The molecule has 0 bridgehead atoms. The third-order valence-corrected chi connectivity index (χ3v) is 5.51. The van der Waals surface area contributed by atoms with Gasteiger partial charge in [0.05, 0.1) is 6.61 Å². The van der Waals surface area contributed by atoms with E-state index >= 15 is 0 Å². The third kappa shape index (κ3) is 4.73. The van der Waals surface area contributed by atoms with Crippen LogP contribution in [0.25, 0.3) is 6.08 Å². The fourth-order valence-electron chi connectivity index (χ4n) is 3.92. The van der Waals surface area contributed by atoms with E-state index in [0.29, 0.717) is 34.9 Å². The molecule has 3 rings (SSSR count). The smallest absolute Gasteiger partial charge is 0.417 e. The van der Waals surface area contributed by atoms with Gasteiger partial charge in [-0.1, -0.05) is 25.4 Å². The lowest BCUT2D eigenvalue weighted by Gasteiger charge is -2.38. The second-order valence-electron chi connectivity index (χ2n) is 8.31. The van der Waals surface area contributed by atoms with Crippen molar-refractivity contribution in [1.82, 2.24) is 4.98 Å². The lowest BCUT2D eigenvalue weighted by molar-refractivity contribution is -0.266. The Hall–Kier alpha value is -2.25. The zero-order valence-corrected chi connectivity index (χ0v) is 17.5. The summed E-state index contributed by atoms with van der Waals surface area (Å²) in [7, 11) is 0. The van der Waals surface area contributed by atoms with Crippen molar-refractivity contribution in [1.29, 1.82) is 0 Å². The maximum absolute atomic E-state index is 14.0. The molecule has 0 radical (unpaired) electrons. The monoisotopic (exact) mass is 440 g/mol. The lowest BCUT2D eigenvalue weighted by Crippen LogP contribution is -2.50. The molecule has 0 spiro atoms. The third-order valence-electron chi connectivity index (χ3n) is 5.29. The van der Waals surface area contributed by atoms with E-state index in [4.69, 9.17) is 22.1 Å². The Labute approximate surface area is 178 Å². The molecule has 1 unspecified atom stereocenters. The molecule has 2 aromatic rings. The first kappa shape index (κ1) is 22.4. The summed E-state index contributed by atoms with van der Waals surface area (Å²) >= 11 is 6.20. The van der Waals surface area contributed by atoms with Gasteiger partial charge in [0, 0.05) is 41.5 Å². The minimum Gasteiger partial charge on any atom is -0.493 e. The molecular weight excluding hydrogens is 417 g/mol. The van der Waals surface area contributed by atoms with Crippen LogP contribution < -0.4 is 10.5 Å². The molecule has 2 heterocycles. The minimum atomic E-state index is -4.89. The Bertz CT molecular complexity index is 945. The molecule has 3 N–H and O–H groups in total. The molecule has 1 aliphatic rings. The van der Waals surface area contributed by atoms with E-state index in [0.717, 1.165) is 5.56 Å². The fraction of sp³-hybridized carbons (Fsp3) is 0.409. The zero-order chi connectivity index (χ0) is 22.2. The highest BCUT2D eigenvalue weighted by Gasteiger charge is 2.56. The molecule has 162 valence electrons. The molecule has 0 amide bonds. The van der Waals surface area contributed by atoms with Crippen molar-refractivity contribution in [2.24, 2.45) is 5.73 Å². The summed E-state index contributed by atoms with van der Waals surface area (Å²) in [6.07, 6.45) is -1.18. The molecule has 1 aromatic carbocycles. The highest BCUT2D eigenvalue weighted by Crippen LogP contribution is 2.48. The standard InChI is InChI=1S/C22H24ClF3N2O2/c1-20(2,18-11-16(23)10-15-5-8-30-19(15)18)13-21(29,22(24,25)26)12-17(27)9-14-3-6-28-7-4-14/h3-4,6-7,9-11,29H,5,8,12-13,27H2,1-2H3/b17-9-. The van der Waals surface area contributed by atoms with E-state index in [9.17, 15) is 18.3 Å². The van der Waals surface area contributed by atoms with Crippen LogP contribution in [0.2, 0.25) is 5.02 Å². The van der Waals surface area contributed by atoms with Crippen LogP contribution in [0.15, 0.2) is 42.4 Å². The first-order valence-corrected chi connectivity index (χ1v) is 9.90. The maximum Gasteiger partial charge on any atom is 0.417 e. The van der Waals surface area contributed by atoms with Gasteiger partial charge in [-0.2, -0.15) is 13.2 Å². The molecule has 1 atom stereocenters. The van der Waals surface area contributed by atoms with Gasteiger partial charge in [-0.25, -0.2) is 0 Å². The van der Waals surface area contributed by atoms with Gasteiger partial charge in [-0.3, -0.25) is 4.98 Å². The van der Waals surface area contributed by atoms with Crippen molar-refractivity contribution < 1.29 is 23.0 Å². The minimum absolute atomic E-state index is 0.0793. The first-order chi connectivity index (χ1) is 13.9. The van der Waals surface area contributed by atoms with Crippen molar-refractivity contribution in [3.8, 4) is 5.75 Å². The van der Waals surface area contributed by atoms with Crippen molar-refractivity contribution >= 4 is 17.7 Å². The van der Waals surface area contributed by atoms with Crippen molar-refractivity contribution in [2.45, 2.75) is 50.3 Å². The van der Waals surface area contributed by atoms with Crippen LogP contribution in [-0.2, 0) is 11.8 Å². The summed E-state index contributed by atoms with van der Waals surface area (Å²) in [6, 6.07) is 6.61. The topological polar surface area (TPSA) is 68.4 Å². The molecule has 1 aliphatic heterocycles. The SMILES string of the molecule is CC(C)(CC(O)(C/C(N)=C/c1ccncc1)C(F)(F)F)c1cc(Cl)cc2c1OCC2. The number of halogens is 4. The zero-order valence-electron chi connectivity index (χ0n) is 16.8. The van der Waals surface area contributed by atoms with E-state index < -0.39 is 30.0 Å². The second-order valence-corrected chi connectivity index (χ2v) is 8.74. The summed E-state index contributed by atoms with van der Waals surface area (Å²) in [6.45, 7) is 3.73. The van der Waals surface area contributed by atoms with Crippen molar-refractivity contribution in [2.75, 3.05) is 6.61 Å². The van der Waals surface area contributed by atoms with Gasteiger partial charge >= 0.3 is 6.18 Å². The average Bonchev–Trinajstić information content (AvgIpc) is 3.08. The Morgan fingerprint density at radius 2 is 1.93 bits per heavy atom. The number of aliphatic hydroxyl groups is 1. The number of nitrogens with zero attached hydrogens (tertiary/aromatic N) is 1. The van der Waals surface area contributed by atoms with Crippen molar-refractivity contribution in [3.63, 3.8) is 0 Å². The van der Waals surface area contributed by atoms with E-state index in [1.807, 2.05) is 0 Å². The number of rotatable bonds is 6. The van der Waals surface area contributed by atoms with E-state index in [-0.39, 0.29) is 5.70 Å².